The van der Waals surface area contributed by atoms with E-state index in [2.05, 4.69) is 17.6 Å². The van der Waals surface area contributed by atoms with Crippen molar-refractivity contribution in [3.8, 4) is 5.75 Å². The first-order chi connectivity index (χ1) is 17.8. The van der Waals surface area contributed by atoms with Gasteiger partial charge in [0.2, 0.25) is 11.8 Å². The molecule has 0 saturated carbocycles. The number of esters is 1. The Kier molecular flexibility index (Phi) is 13.6. The van der Waals surface area contributed by atoms with E-state index in [1.165, 1.54) is 11.8 Å². The van der Waals surface area contributed by atoms with Crippen LogP contribution in [0.2, 0.25) is 0 Å². The number of aryl methyl sites for hydroxylation is 1. The molecule has 3 N–H and O–H groups in total. The molecule has 1 aromatic carbocycles. The van der Waals surface area contributed by atoms with Crippen molar-refractivity contribution >= 4 is 23.9 Å². The Bertz CT molecular complexity index is 943. The van der Waals surface area contributed by atoms with Gasteiger partial charge in [0.05, 0.1) is 13.0 Å². The fourth-order valence-electron chi connectivity index (χ4n) is 3.84. The number of carbonyl (C=O) groups is 4. The molecule has 38 heavy (non-hydrogen) atoms. The van der Waals surface area contributed by atoms with Gasteiger partial charge in [-0.2, -0.15) is 0 Å². The summed E-state index contributed by atoms with van der Waals surface area (Å²) < 4.78 is 10.2. The minimum absolute atomic E-state index is 0.00429. The van der Waals surface area contributed by atoms with Crippen LogP contribution in [0.1, 0.15) is 90.8 Å². The number of amides is 3. The number of phenols is 1. The maximum Gasteiger partial charge on any atom is 0.408 e. The number of hydrogen-bond acceptors (Lipinski definition) is 7. The lowest BCUT2D eigenvalue weighted by Gasteiger charge is -2.34. The number of unbranched alkanes of at least 4 members (excludes halogenated alkanes) is 3. The van der Waals surface area contributed by atoms with E-state index in [1.54, 1.807) is 52.8 Å². The van der Waals surface area contributed by atoms with Crippen molar-refractivity contribution in [2.45, 2.75) is 98.3 Å². The monoisotopic (exact) mass is 535 g/mol. The van der Waals surface area contributed by atoms with E-state index in [9.17, 15) is 24.3 Å². The lowest BCUT2D eigenvalue weighted by Crippen LogP contribution is -2.52. The highest BCUT2D eigenvalue weighted by Gasteiger charge is 2.36. The van der Waals surface area contributed by atoms with Crippen molar-refractivity contribution in [3.05, 3.63) is 29.3 Å². The molecule has 0 heterocycles. The van der Waals surface area contributed by atoms with Gasteiger partial charge in [-0.1, -0.05) is 44.4 Å². The molecule has 0 bridgehead atoms. The van der Waals surface area contributed by atoms with Crippen LogP contribution in [0.5, 0.6) is 5.75 Å². The topological polar surface area (TPSA) is 134 Å². The molecule has 2 unspecified atom stereocenters. The van der Waals surface area contributed by atoms with E-state index in [0.29, 0.717) is 12.0 Å². The molecule has 214 valence electrons. The van der Waals surface area contributed by atoms with Crippen molar-refractivity contribution in [1.29, 1.82) is 0 Å². The number of carbonyl (C=O) groups excluding carboxylic acids is 4. The van der Waals surface area contributed by atoms with Crippen LogP contribution < -0.4 is 10.6 Å². The maximum absolute atomic E-state index is 13.7. The molecule has 10 nitrogen and oxygen atoms in total. The van der Waals surface area contributed by atoms with Crippen LogP contribution in [0, 0.1) is 6.92 Å². The smallest absolute Gasteiger partial charge is 0.408 e. The Morgan fingerprint density at radius 1 is 1.08 bits per heavy atom. The molecule has 0 saturated heterocycles. The fourth-order valence-corrected chi connectivity index (χ4v) is 3.84. The van der Waals surface area contributed by atoms with Crippen molar-refractivity contribution in [2.24, 2.45) is 0 Å². The van der Waals surface area contributed by atoms with Gasteiger partial charge in [0.1, 0.15) is 23.4 Å². The third-order valence-corrected chi connectivity index (χ3v) is 5.70. The predicted molar refractivity (Wildman–Crippen MR) is 145 cm³/mol. The van der Waals surface area contributed by atoms with Crippen LogP contribution in [0.4, 0.5) is 4.79 Å². The molecule has 0 aliphatic heterocycles. The molecule has 0 aliphatic carbocycles. The van der Waals surface area contributed by atoms with Gasteiger partial charge in [-0.3, -0.25) is 14.4 Å². The highest BCUT2D eigenvalue weighted by Crippen LogP contribution is 2.32. The normalized spacial score (nSPS) is 12.7. The van der Waals surface area contributed by atoms with Crippen LogP contribution >= 0.6 is 0 Å². The molecular formula is C28H45N3O7. The van der Waals surface area contributed by atoms with Gasteiger partial charge >= 0.3 is 12.1 Å². The molecule has 0 fully saturated rings. The van der Waals surface area contributed by atoms with Gasteiger partial charge in [-0.15, -0.1) is 0 Å². The summed E-state index contributed by atoms with van der Waals surface area (Å²) in [7, 11) is 0. The quantitative estimate of drug-likeness (QED) is 0.241. The average Bonchev–Trinajstić information content (AvgIpc) is 2.81. The summed E-state index contributed by atoms with van der Waals surface area (Å²) in [5, 5.41) is 16.1. The second-order valence-electron chi connectivity index (χ2n) is 10.2. The van der Waals surface area contributed by atoms with Crippen LogP contribution in [0.3, 0.4) is 0 Å². The van der Waals surface area contributed by atoms with Gasteiger partial charge in [0.15, 0.2) is 0 Å². The Hall–Kier alpha value is -3.30. The van der Waals surface area contributed by atoms with E-state index in [1.807, 2.05) is 0 Å². The predicted octanol–water partition coefficient (Wildman–Crippen LogP) is 4.13. The van der Waals surface area contributed by atoms with E-state index in [-0.39, 0.29) is 37.4 Å². The van der Waals surface area contributed by atoms with Gasteiger partial charge in [0.25, 0.3) is 0 Å². The number of ether oxygens (including phenoxy) is 2. The standard InChI is InChI=1S/C28H45N3O7/c1-8-10-11-12-18-31(26(35)20(4)30-27(36)38-28(5,6)7)23(21-15-13-14-19(3)24(21)33)25(34)29-17-16-22(32)37-9-2/h13-15,20,23,33H,8-12,16-18H2,1-7H3,(H,29,34)(H,30,36). The molecule has 3 amide bonds. The van der Waals surface area contributed by atoms with Crippen LogP contribution in [-0.2, 0) is 23.9 Å². The van der Waals surface area contributed by atoms with E-state index in [4.69, 9.17) is 9.47 Å². The maximum atomic E-state index is 13.7. The first kappa shape index (κ1) is 32.7. The minimum Gasteiger partial charge on any atom is -0.507 e. The number of hydrogen-bond donors (Lipinski definition) is 3. The Labute approximate surface area is 226 Å². The molecule has 0 radical (unpaired) electrons. The summed E-state index contributed by atoms with van der Waals surface area (Å²) in [6, 6.07) is 2.81. The van der Waals surface area contributed by atoms with Crippen molar-refractivity contribution in [3.63, 3.8) is 0 Å². The third kappa shape index (κ3) is 11.0. The van der Waals surface area contributed by atoms with Crippen molar-refractivity contribution in [1.82, 2.24) is 15.5 Å². The summed E-state index contributed by atoms with van der Waals surface area (Å²) in [5.41, 5.74) is 0.0542. The summed E-state index contributed by atoms with van der Waals surface area (Å²) in [6.45, 7) is 12.6. The summed E-state index contributed by atoms with van der Waals surface area (Å²) >= 11 is 0. The Morgan fingerprint density at radius 3 is 2.37 bits per heavy atom. The SMILES string of the molecule is CCCCCCN(C(=O)C(C)NC(=O)OC(C)(C)C)C(C(=O)NCCC(=O)OCC)c1cccc(C)c1O. The third-order valence-electron chi connectivity index (χ3n) is 5.70. The lowest BCUT2D eigenvalue weighted by atomic mass is 9.99. The number of nitrogens with zero attached hydrogens (tertiary/aromatic N) is 1. The zero-order valence-electron chi connectivity index (χ0n) is 23.9. The molecule has 10 heteroatoms. The van der Waals surface area contributed by atoms with Crippen LogP contribution in [0.15, 0.2) is 18.2 Å². The van der Waals surface area contributed by atoms with Crippen molar-refractivity contribution < 1.29 is 33.8 Å². The van der Waals surface area contributed by atoms with Gasteiger partial charge in [0, 0.05) is 18.7 Å². The second-order valence-corrected chi connectivity index (χ2v) is 10.2. The number of para-hydroxylation sites is 1. The van der Waals surface area contributed by atoms with E-state index >= 15 is 0 Å². The first-order valence-corrected chi connectivity index (χ1v) is 13.3. The Morgan fingerprint density at radius 2 is 1.76 bits per heavy atom. The van der Waals surface area contributed by atoms with Crippen LogP contribution in [0.25, 0.3) is 0 Å². The van der Waals surface area contributed by atoms with E-state index in [0.717, 1.165) is 19.3 Å². The number of phenolic OH excluding ortho intramolecular Hbond substituents is 1. The number of benzene rings is 1. The molecule has 2 atom stereocenters. The average molecular weight is 536 g/mol. The molecule has 1 rings (SSSR count). The number of rotatable bonds is 14. The van der Waals surface area contributed by atoms with Gasteiger partial charge in [-0.25, -0.2) is 4.79 Å². The van der Waals surface area contributed by atoms with Crippen LogP contribution in [-0.4, -0.2) is 65.2 Å². The second kappa shape index (κ2) is 15.8. The number of alkyl carbamates (subject to hydrolysis) is 1. The minimum atomic E-state index is -1.19. The summed E-state index contributed by atoms with van der Waals surface area (Å²) in [4.78, 5) is 52.8. The first-order valence-electron chi connectivity index (χ1n) is 13.3. The fraction of sp³-hybridized carbons (Fsp3) is 0.643. The zero-order chi connectivity index (χ0) is 28.9. The summed E-state index contributed by atoms with van der Waals surface area (Å²) in [5.74, 6) is -1.61. The Balaban J connectivity index is 3.34. The molecule has 1 aromatic rings. The largest absolute Gasteiger partial charge is 0.507 e. The molecule has 0 spiro atoms. The van der Waals surface area contributed by atoms with Gasteiger partial charge in [-0.05, 0) is 53.5 Å². The highest BCUT2D eigenvalue weighted by molar-refractivity contribution is 5.92. The molecule has 0 aliphatic rings. The highest BCUT2D eigenvalue weighted by atomic mass is 16.6. The number of nitrogens with one attached hydrogen (secondary N) is 2. The lowest BCUT2D eigenvalue weighted by molar-refractivity contribution is -0.144. The van der Waals surface area contributed by atoms with Gasteiger partial charge < -0.3 is 30.1 Å². The summed E-state index contributed by atoms with van der Waals surface area (Å²) in [6.07, 6.45) is 2.62. The van der Waals surface area contributed by atoms with E-state index < -0.39 is 41.6 Å². The number of aromatic hydroxyl groups is 1. The molecular weight excluding hydrogens is 490 g/mol. The molecule has 0 aromatic heterocycles. The van der Waals surface area contributed by atoms with Crippen molar-refractivity contribution in [2.75, 3.05) is 19.7 Å². The zero-order valence-corrected chi connectivity index (χ0v) is 23.9.